The minimum atomic E-state index is -3.73. The second-order valence-corrected chi connectivity index (χ2v) is 5.86. The van der Waals surface area contributed by atoms with E-state index in [-0.39, 0.29) is 4.90 Å². The summed E-state index contributed by atoms with van der Waals surface area (Å²) in [5, 5.41) is 2.71. The van der Waals surface area contributed by atoms with E-state index in [0.29, 0.717) is 17.6 Å². The van der Waals surface area contributed by atoms with Crippen LogP contribution in [0.25, 0.3) is 0 Å². The zero-order chi connectivity index (χ0) is 14.8. The maximum absolute atomic E-state index is 12.1. The first kappa shape index (κ1) is 14.4. The van der Waals surface area contributed by atoms with Gasteiger partial charge in [-0.1, -0.05) is 0 Å². The van der Waals surface area contributed by atoms with E-state index in [4.69, 9.17) is 4.42 Å². The Morgan fingerprint density at radius 1 is 1.20 bits per heavy atom. The maximum atomic E-state index is 12.1. The van der Waals surface area contributed by atoms with Gasteiger partial charge in [-0.2, -0.15) is 4.72 Å². The molecular formula is C11H15N5O3S. The van der Waals surface area contributed by atoms with Gasteiger partial charge in [-0.15, -0.1) is 0 Å². The van der Waals surface area contributed by atoms with Gasteiger partial charge in [0.05, 0.1) is 24.6 Å². The van der Waals surface area contributed by atoms with Crippen LogP contribution in [0.5, 0.6) is 0 Å². The molecule has 0 fully saturated rings. The summed E-state index contributed by atoms with van der Waals surface area (Å²) in [5.41, 5.74) is 0. The predicted octanol–water partition coefficient (Wildman–Crippen LogP) is 0.854. The lowest BCUT2D eigenvalue weighted by molar-refractivity contribution is 0.427. The Balaban J connectivity index is 2.17. The van der Waals surface area contributed by atoms with Gasteiger partial charge in [0.15, 0.2) is 0 Å². The molecule has 9 heteroatoms. The molecule has 0 aliphatic carbocycles. The highest BCUT2D eigenvalue weighted by atomic mass is 32.2. The molecule has 0 aliphatic heterocycles. The Bertz CT molecular complexity index is 680. The normalized spacial score (nSPS) is 13.2. The second kappa shape index (κ2) is 5.55. The molecule has 2 N–H and O–H groups in total. The summed E-state index contributed by atoms with van der Waals surface area (Å²) in [4.78, 5) is 11.7. The summed E-state index contributed by atoms with van der Waals surface area (Å²) in [6, 6.07) is -0.585. The number of hydrogen-bond donors (Lipinski definition) is 2. The van der Waals surface area contributed by atoms with Crippen molar-refractivity contribution >= 4 is 16.0 Å². The fourth-order valence-corrected chi connectivity index (χ4v) is 2.59. The van der Waals surface area contributed by atoms with Crippen LogP contribution in [-0.4, -0.2) is 30.4 Å². The molecule has 2 rings (SSSR count). The minimum Gasteiger partial charge on any atom is -0.444 e. The number of aromatic nitrogens is 3. The zero-order valence-electron chi connectivity index (χ0n) is 11.3. The molecule has 2 heterocycles. The highest BCUT2D eigenvalue weighted by Gasteiger charge is 2.21. The molecule has 0 aromatic carbocycles. The topological polar surface area (TPSA) is 110 Å². The van der Waals surface area contributed by atoms with Crippen molar-refractivity contribution in [1.82, 2.24) is 19.7 Å². The Morgan fingerprint density at radius 3 is 2.35 bits per heavy atom. The fraction of sp³-hybridized carbons (Fsp3) is 0.364. The van der Waals surface area contributed by atoms with E-state index >= 15 is 0 Å². The Labute approximate surface area is 116 Å². The molecule has 2 aromatic heterocycles. The quantitative estimate of drug-likeness (QED) is 0.841. The molecule has 0 radical (unpaired) electrons. The molecule has 0 aliphatic rings. The van der Waals surface area contributed by atoms with E-state index < -0.39 is 16.1 Å². The van der Waals surface area contributed by atoms with E-state index in [9.17, 15) is 8.42 Å². The van der Waals surface area contributed by atoms with Crippen molar-refractivity contribution in [3.63, 3.8) is 0 Å². The van der Waals surface area contributed by atoms with Gasteiger partial charge in [-0.3, -0.25) is 0 Å². The van der Waals surface area contributed by atoms with E-state index in [0.717, 1.165) is 0 Å². The number of rotatable bonds is 5. The SMILES string of the molecule is CNc1ncc(S(=O)(=O)NC(C)c2ncc(C)o2)cn1. The summed E-state index contributed by atoms with van der Waals surface area (Å²) >= 11 is 0. The molecule has 8 nitrogen and oxygen atoms in total. The molecule has 1 atom stereocenters. The van der Waals surface area contributed by atoms with Gasteiger partial charge in [0.2, 0.25) is 21.9 Å². The molecular weight excluding hydrogens is 282 g/mol. The summed E-state index contributed by atoms with van der Waals surface area (Å²) in [6.45, 7) is 3.38. The molecule has 108 valence electrons. The van der Waals surface area contributed by atoms with Crippen molar-refractivity contribution in [2.45, 2.75) is 24.8 Å². The van der Waals surface area contributed by atoms with Crippen LogP contribution in [0.3, 0.4) is 0 Å². The lowest BCUT2D eigenvalue weighted by atomic mass is 10.4. The zero-order valence-corrected chi connectivity index (χ0v) is 12.1. The first-order valence-corrected chi connectivity index (χ1v) is 7.35. The molecule has 0 spiro atoms. The van der Waals surface area contributed by atoms with Crippen molar-refractivity contribution < 1.29 is 12.8 Å². The Hall–Kier alpha value is -2.00. The van der Waals surface area contributed by atoms with Crippen LogP contribution in [0.15, 0.2) is 27.9 Å². The summed E-state index contributed by atoms with van der Waals surface area (Å²) in [5.74, 6) is 1.27. The van der Waals surface area contributed by atoms with E-state index in [1.807, 2.05) is 0 Å². The van der Waals surface area contributed by atoms with Gasteiger partial charge in [-0.05, 0) is 13.8 Å². The van der Waals surface area contributed by atoms with Gasteiger partial charge < -0.3 is 9.73 Å². The molecule has 0 saturated carbocycles. The van der Waals surface area contributed by atoms with Crippen molar-refractivity contribution in [2.24, 2.45) is 0 Å². The third-order valence-electron chi connectivity index (χ3n) is 2.50. The van der Waals surface area contributed by atoms with Crippen molar-refractivity contribution in [3.05, 3.63) is 30.2 Å². The van der Waals surface area contributed by atoms with Crippen molar-refractivity contribution in [3.8, 4) is 0 Å². The molecule has 2 aromatic rings. The second-order valence-electron chi connectivity index (χ2n) is 4.14. The number of aryl methyl sites for hydroxylation is 1. The average Bonchev–Trinajstić information content (AvgIpc) is 2.85. The molecule has 20 heavy (non-hydrogen) atoms. The number of nitrogens with zero attached hydrogens (tertiary/aromatic N) is 3. The van der Waals surface area contributed by atoms with Gasteiger partial charge in [0.25, 0.3) is 0 Å². The van der Waals surface area contributed by atoms with Gasteiger partial charge in [-0.25, -0.2) is 23.4 Å². The van der Waals surface area contributed by atoms with Gasteiger partial charge in [0, 0.05) is 7.05 Å². The number of hydrogen-bond acceptors (Lipinski definition) is 7. The van der Waals surface area contributed by atoms with E-state index in [1.165, 1.54) is 18.6 Å². The lowest BCUT2D eigenvalue weighted by Gasteiger charge is -2.10. The van der Waals surface area contributed by atoms with Gasteiger partial charge >= 0.3 is 0 Å². The molecule has 0 amide bonds. The van der Waals surface area contributed by atoms with Crippen molar-refractivity contribution in [1.29, 1.82) is 0 Å². The minimum absolute atomic E-state index is 0.0216. The average molecular weight is 297 g/mol. The summed E-state index contributed by atoms with van der Waals surface area (Å²) < 4.78 is 32.0. The van der Waals surface area contributed by atoms with Crippen LogP contribution in [0.2, 0.25) is 0 Å². The van der Waals surface area contributed by atoms with Crippen LogP contribution in [0, 0.1) is 6.92 Å². The van der Waals surface area contributed by atoms with Crippen LogP contribution < -0.4 is 10.0 Å². The third-order valence-corrected chi connectivity index (χ3v) is 4.00. The van der Waals surface area contributed by atoms with E-state index in [2.05, 4.69) is 25.0 Å². The van der Waals surface area contributed by atoms with Crippen LogP contribution in [-0.2, 0) is 10.0 Å². The Morgan fingerprint density at radius 2 is 1.85 bits per heavy atom. The number of sulfonamides is 1. The Kier molecular flexibility index (Phi) is 4.00. The van der Waals surface area contributed by atoms with Crippen molar-refractivity contribution in [2.75, 3.05) is 12.4 Å². The third kappa shape index (κ3) is 3.11. The van der Waals surface area contributed by atoms with Crippen LogP contribution in [0.1, 0.15) is 24.6 Å². The monoisotopic (exact) mass is 297 g/mol. The standard InChI is InChI=1S/C11H15N5O3S/c1-7-4-13-10(19-7)8(2)16-20(17,18)9-5-14-11(12-3)15-6-9/h4-6,8,16H,1-3H3,(H,12,14,15). The molecule has 1 unspecified atom stereocenters. The van der Waals surface area contributed by atoms with Crippen LogP contribution in [0.4, 0.5) is 5.95 Å². The summed E-state index contributed by atoms with van der Waals surface area (Å²) in [6.07, 6.45) is 3.99. The van der Waals surface area contributed by atoms with Gasteiger partial charge in [0.1, 0.15) is 10.7 Å². The smallest absolute Gasteiger partial charge is 0.244 e. The summed E-state index contributed by atoms with van der Waals surface area (Å²) in [7, 11) is -2.08. The highest BCUT2D eigenvalue weighted by molar-refractivity contribution is 7.89. The number of anilines is 1. The lowest BCUT2D eigenvalue weighted by Crippen LogP contribution is -2.27. The predicted molar refractivity (Wildman–Crippen MR) is 71.6 cm³/mol. The number of nitrogens with one attached hydrogen (secondary N) is 2. The van der Waals surface area contributed by atoms with Crippen LogP contribution >= 0.6 is 0 Å². The maximum Gasteiger partial charge on any atom is 0.244 e. The fourth-order valence-electron chi connectivity index (χ4n) is 1.51. The first-order valence-electron chi connectivity index (χ1n) is 5.87. The largest absolute Gasteiger partial charge is 0.444 e. The molecule has 0 saturated heterocycles. The highest BCUT2D eigenvalue weighted by Crippen LogP contribution is 2.16. The van der Waals surface area contributed by atoms with E-state index in [1.54, 1.807) is 20.9 Å². The molecule has 0 bridgehead atoms. The first-order chi connectivity index (χ1) is 9.42. The number of oxazole rings is 1.